The second kappa shape index (κ2) is 10.2. The molecule has 3 aromatic carbocycles. The Morgan fingerprint density at radius 2 is 1.69 bits per heavy atom. The van der Waals surface area contributed by atoms with E-state index < -0.39 is 22.0 Å². The summed E-state index contributed by atoms with van der Waals surface area (Å²) in [6, 6.07) is 19.8. The van der Waals surface area contributed by atoms with Crippen LogP contribution < -0.4 is 5.32 Å². The fourth-order valence-electron chi connectivity index (χ4n) is 4.31. The quantitative estimate of drug-likeness (QED) is 0.526. The van der Waals surface area contributed by atoms with Gasteiger partial charge < -0.3 is 10.2 Å². The minimum Gasteiger partial charge on any atom is -0.324 e. The number of anilines is 1. The Morgan fingerprint density at radius 1 is 1.03 bits per heavy atom. The van der Waals surface area contributed by atoms with E-state index in [9.17, 15) is 18.0 Å². The van der Waals surface area contributed by atoms with Gasteiger partial charge in [0.1, 0.15) is 6.54 Å². The minimum atomic E-state index is -3.65. The molecule has 0 saturated carbocycles. The van der Waals surface area contributed by atoms with Gasteiger partial charge in [-0.1, -0.05) is 55.8 Å². The Kier molecular flexibility index (Phi) is 7.25. The van der Waals surface area contributed by atoms with Crippen LogP contribution in [0.3, 0.4) is 0 Å². The molecular weight excluding hydrogens is 486 g/mol. The van der Waals surface area contributed by atoms with Crippen LogP contribution in [0, 0.1) is 0 Å². The van der Waals surface area contributed by atoms with Crippen LogP contribution in [-0.2, 0) is 14.8 Å². The first-order valence-corrected chi connectivity index (χ1v) is 13.1. The summed E-state index contributed by atoms with van der Waals surface area (Å²) in [5, 5.41) is 3.35. The second-order valence-electron chi connectivity index (χ2n) is 8.14. The van der Waals surface area contributed by atoms with Gasteiger partial charge in [-0.05, 0) is 48.0 Å². The van der Waals surface area contributed by atoms with E-state index in [1.807, 2.05) is 30.3 Å². The van der Waals surface area contributed by atoms with Gasteiger partial charge in [-0.3, -0.25) is 9.59 Å². The van der Waals surface area contributed by atoms with Gasteiger partial charge in [-0.25, -0.2) is 8.42 Å². The van der Waals surface area contributed by atoms with Gasteiger partial charge in [0.25, 0.3) is 5.91 Å². The van der Waals surface area contributed by atoms with Gasteiger partial charge in [0.15, 0.2) is 0 Å². The number of nitrogens with zero attached hydrogens (tertiary/aromatic N) is 2. The molecule has 9 heteroatoms. The molecule has 182 valence electrons. The van der Waals surface area contributed by atoms with Crippen LogP contribution in [0.2, 0.25) is 5.02 Å². The van der Waals surface area contributed by atoms with Crippen molar-refractivity contribution in [2.24, 2.45) is 0 Å². The molecule has 0 spiro atoms. The average Bonchev–Trinajstić information content (AvgIpc) is 3.00. The van der Waals surface area contributed by atoms with Crippen LogP contribution in [0.1, 0.15) is 41.4 Å². The van der Waals surface area contributed by atoms with Crippen molar-refractivity contribution >= 4 is 39.1 Å². The van der Waals surface area contributed by atoms with E-state index in [0.29, 0.717) is 29.4 Å². The molecule has 1 unspecified atom stereocenters. The van der Waals surface area contributed by atoms with Gasteiger partial charge in [-0.2, -0.15) is 4.31 Å². The van der Waals surface area contributed by atoms with Crippen molar-refractivity contribution in [1.29, 1.82) is 0 Å². The molecule has 3 aromatic rings. The molecule has 1 aliphatic rings. The molecule has 0 fully saturated rings. The summed E-state index contributed by atoms with van der Waals surface area (Å²) < 4.78 is 27.0. The fraction of sp³-hybridized carbons (Fsp3) is 0.231. The Morgan fingerprint density at radius 3 is 2.31 bits per heavy atom. The van der Waals surface area contributed by atoms with E-state index in [1.54, 1.807) is 32.0 Å². The molecule has 0 bridgehead atoms. The summed E-state index contributed by atoms with van der Waals surface area (Å²) in [6.45, 7) is 4.07. The Balaban J connectivity index is 1.77. The Bertz CT molecular complexity index is 1340. The number of fused-ring (bicyclic) bond motifs is 1. The molecule has 0 aliphatic carbocycles. The van der Waals surface area contributed by atoms with Crippen molar-refractivity contribution in [3.63, 3.8) is 0 Å². The molecule has 35 heavy (non-hydrogen) atoms. The molecule has 1 atom stereocenters. The van der Waals surface area contributed by atoms with Gasteiger partial charge in [0.2, 0.25) is 15.9 Å². The third-order valence-electron chi connectivity index (χ3n) is 6.03. The number of amides is 2. The summed E-state index contributed by atoms with van der Waals surface area (Å²) >= 11 is 6.30. The lowest BCUT2D eigenvalue weighted by Crippen LogP contribution is -2.39. The zero-order valence-corrected chi connectivity index (χ0v) is 21.0. The summed E-state index contributed by atoms with van der Waals surface area (Å²) in [6.07, 6.45) is 0. The van der Waals surface area contributed by atoms with Gasteiger partial charge in [-0.15, -0.1) is 0 Å². The number of benzene rings is 3. The molecule has 0 saturated heterocycles. The average molecular weight is 512 g/mol. The van der Waals surface area contributed by atoms with Gasteiger partial charge >= 0.3 is 0 Å². The third-order valence-corrected chi connectivity index (χ3v) is 8.33. The SMILES string of the molecule is CCN(CC)S(=O)(=O)c1ccc(C(=O)N2CC(=O)Nc3ccc(Cl)cc3C2c2ccccc2)cc1. The number of carbonyl (C=O) groups is 2. The number of hydrogen-bond donors (Lipinski definition) is 1. The van der Waals surface area contributed by atoms with E-state index in [1.165, 1.54) is 33.5 Å². The van der Waals surface area contributed by atoms with Crippen LogP contribution in [0.25, 0.3) is 0 Å². The van der Waals surface area contributed by atoms with E-state index in [4.69, 9.17) is 11.6 Å². The van der Waals surface area contributed by atoms with Crippen molar-refractivity contribution < 1.29 is 18.0 Å². The zero-order chi connectivity index (χ0) is 25.2. The molecule has 1 heterocycles. The Hall–Kier alpha value is -3.20. The molecule has 0 aromatic heterocycles. The van der Waals surface area contributed by atoms with Crippen LogP contribution >= 0.6 is 11.6 Å². The van der Waals surface area contributed by atoms with Crippen LogP contribution in [0.5, 0.6) is 0 Å². The first-order valence-electron chi connectivity index (χ1n) is 11.3. The molecule has 2 amide bonds. The number of carbonyl (C=O) groups excluding carboxylic acids is 2. The first-order chi connectivity index (χ1) is 16.8. The second-order valence-corrected chi connectivity index (χ2v) is 10.5. The fourth-order valence-corrected chi connectivity index (χ4v) is 5.95. The molecule has 1 aliphatic heterocycles. The molecule has 4 rings (SSSR count). The number of hydrogen-bond acceptors (Lipinski definition) is 4. The highest BCUT2D eigenvalue weighted by atomic mass is 35.5. The van der Waals surface area contributed by atoms with Crippen LogP contribution in [0.15, 0.2) is 77.7 Å². The largest absolute Gasteiger partial charge is 0.324 e. The van der Waals surface area contributed by atoms with Crippen molar-refractivity contribution in [2.45, 2.75) is 24.8 Å². The standard InChI is InChI=1S/C26H26ClN3O4S/c1-3-29(4-2)35(33,34)21-13-10-19(11-14-21)26(32)30-17-24(31)28-23-15-12-20(27)16-22(23)25(30)18-8-6-5-7-9-18/h5-16,25H,3-4,17H2,1-2H3,(H,28,31). The molecule has 0 radical (unpaired) electrons. The predicted octanol–water partition coefficient (Wildman–Crippen LogP) is 4.55. The monoisotopic (exact) mass is 511 g/mol. The maximum atomic E-state index is 13.7. The zero-order valence-electron chi connectivity index (χ0n) is 19.4. The minimum absolute atomic E-state index is 0.114. The number of rotatable bonds is 6. The Labute approximate surface area is 210 Å². The highest BCUT2D eigenvalue weighted by molar-refractivity contribution is 7.89. The van der Waals surface area contributed by atoms with Gasteiger partial charge in [0, 0.05) is 34.9 Å². The van der Waals surface area contributed by atoms with Crippen LogP contribution in [-0.4, -0.2) is 49.1 Å². The highest BCUT2D eigenvalue weighted by Crippen LogP contribution is 2.38. The summed E-state index contributed by atoms with van der Waals surface area (Å²) in [7, 11) is -3.65. The molecule has 7 nitrogen and oxygen atoms in total. The molecular formula is C26H26ClN3O4S. The lowest BCUT2D eigenvalue weighted by Gasteiger charge is -2.31. The van der Waals surface area contributed by atoms with E-state index in [0.717, 1.165) is 5.56 Å². The topological polar surface area (TPSA) is 86.8 Å². The van der Waals surface area contributed by atoms with Crippen molar-refractivity contribution in [3.8, 4) is 0 Å². The number of sulfonamides is 1. The van der Waals surface area contributed by atoms with Crippen LogP contribution in [0.4, 0.5) is 5.69 Å². The highest BCUT2D eigenvalue weighted by Gasteiger charge is 2.34. The molecule has 1 N–H and O–H groups in total. The maximum absolute atomic E-state index is 13.7. The summed E-state index contributed by atoms with van der Waals surface area (Å²) in [5.41, 5.74) is 2.39. The lowest BCUT2D eigenvalue weighted by atomic mass is 9.95. The number of nitrogens with one attached hydrogen (secondary N) is 1. The summed E-state index contributed by atoms with van der Waals surface area (Å²) in [4.78, 5) is 28.1. The number of halogens is 1. The van der Waals surface area contributed by atoms with E-state index in [-0.39, 0.29) is 22.9 Å². The maximum Gasteiger partial charge on any atom is 0.255 e. The van der Waals surface area contributed by atoms with E-state index >= 15 is 0 Å². The van der Waals surface area contributed by atoms with Crippen molar-refractivity contribution in [1.82, 2.24) is 9.21 Å². The van der Waals surface area contributed by atoms with Crippen molar-refractivity contribution in [3.05, 3.63) is 94.5 Å². The van der Waals surface area contributed by atoms with Crippen molar-refractivity contribution in [2.75, 3.05) is 25.0 Å². The van der Waals surface area contributed by atoms with E-state index in [2.05, 4.69) is 5.32 Å². The predicted molar refractivity (Wildman–Crippen MR) is 136 cm³/mol. The normalized spacial score (nSPS) is 15.9. The smallest absolute Gasteiger partial charge is 0.255 e. The lowest BCUT2D eigenvalue weighted by molar-refractivity contribution is -0.117. The summed E-state index contributed by atoms with van der Waals surface area (Å²) in [5.74, 6) is -0.727. The first kappa shape index (κ1) is 24.9. The third kappa shape index (κ3) is 4.96. The van der Waals surface area contributed by atoms with Gasteiger partial charge in [0.05, 0.1) is 10.9 Å².